The largest absolute Gasteiger partial charge is 0.384 e. The van der Waals surface area contributed by atoms with Gasteiger partial charge in [-0.1, -0.05) is 6.42 Å². The van der Waals surface area contributed by atoms with Crippen LogP contribution in [-0.2, 0) is 9.53 Å². The van der Waals surface area contributed by atoms with Gasteiger partial charge >= 0.3 is 0 Å². The summed E-state index contributed by atoms with van der Waals surface area (Å²) in [6.07, 6.45) is 6.33. The van der Waals surface area contributed by atoms with E-state index in [9.17, 15) is 4.79 Å². The van der Waals surface area contributed by atoms with Crippen molar-refractivity contribution in [3.8, 4) is 0 Å². The van der Waals surface area contributed by atoms with Crippen LogP contribution in [0.15, 0.2) is 0 Å². The average Bonchev–Trinajstić information content (AvgIpc) is 2.35. The quantitative estimate of drug-likeness (QED) is 0.806. The number of amides is 1. The van der Waals surface area contributed by atoms with Crippen LogP contribution in [0.25, 0.3) is 0 Å². The number of hydrogen-bond donors (Lipinski definition) is 1. The monoisotopic (exact) mass is 254 g/mol. The fourth-order valence-electron chi connectivity index (χ4n) is 3.15. The van der Waals surface area contributed by atoms with Crippen molar-refractivity contribution in [1.29, 1.82) is 0 Å². The Morgan fingerprint density at radius 1 is 1.39 bits per heavy atom. The van der Waals surface area contributed by atoms with Gasteiger partial charge in [0, 0.05) is 33.2 Å². The van der Waals surface area contributed by atoms with Crippen LogP contribution in [-0.4, -0.2) is 44.2 Å². The first-order chi connectivity index (χ1) is 8.69. The second-order valence-corrected chi connectivity index (χ2v) is 6.01. The molecule has 2 N–H and O–H groups in total. The summed E-state index contributed by atoms with van der Waals surface area (Å²) in [6.45, 7) is 3.29. The maximum absolute atomic E-state index is 12.3. The third-order valence-corrected chi connectivity index (χ3v) is 4.74. The average molecular weight is 254 g/mol. The minimum Gasteiger partial charge on any atom is -0.384 e. The Bertz CT molecular complexity index is 276. The highest BCUT2D eigenvalue weighted by atomic mass is 16.5. The molecule has 0 bridgehead atoms. The highest BCUT2D eigenvalue weighted by Gasteiger charge is 2.39. The van der Waals surface area contributed by atoms with Crippen molar-refractivity contribution in [2.24, 2.45) is 17.1 Å². The Hall–Kier alpha value is -0.610. The Kier molecular flexibility index (Phi) is 4.62. The van der Waals surface area contributed by atoms with Gasteiger partial charge in [0.05, 0.1) is 0 Å². The predicted molar refractivity (Wildman–Crippen MR) is 71.1 cm³/mol. The molecule has 4 nitrogen and oxygen atoms in total. The Morgan fingerprint density at radius 3 is 2.50 bits per heavy atom. The molecule has 0 aromatic carbocycles. The zero-order valence-corrected chi connectivity index (χ0v) is 11.5. The summed E-state index contributed by atoms with van der Waals surface area (Å²) in [4.78, 5) is 14.3. The van der Waals surface area contributed by atoms with Gasteiger partial charge in [-0.05, 0) is 43.6 Å². The molecule has 0 radical (unpaired) electrons. The Morgan fingerprint density at radius 2 is 2.06 bits per heavy atom. The number of rotatable bonds is 5. The van der Waals surface area contributed by atoms with Gasteiger partial charge in [0.2, 0.25) is 5.91 Å². The first kappa shape index (κ1) is 13.8. The molecule has 2 aliphatic rings. The van der Waals surface area contributed by atoms with Gasteiger partial charge < -0.3 is 15.4 Å². The van der Waals surface area contributed by atoms with Gasteiger partial charge in [-0.2, -0.15) is 0 Å². The fourth-order valence-corrected chi connectivity index (χ4v) is 3.15. The molecule has 1 aliphatic heterocycles. The van der Waals surface area contributed by atoms with Crippen molar-refractivity contribution in [3.05, 3.63) is 0 Å². The number of hydrogen-bond acceptors (Lipinski definition) is 3. The van der Waals surface area contributed by atoms with Gasteiger partial charge in [-0.3, -0.25) is 4.79 Å². The zero-order chi connectivity index (χ0) is 13.0. The minimum absolute atomic E-state index is 0.139. The Balaban J connectivity index is 1.77. The second kappa shape index (κ2) is 6.02. The van der Waals surface area contributed by atoms with Crippen LogP contribution < -0.4 is 5.73 Å². The van der Waals surface area contributed by atoms with Gasteiger partial charge in [-0.15, -0.1) is 0 Å². The number of likely N-dealkylation sites (tertiary alicyclic amines) is 1. The second-order valence-electron chi connectivity index (χ2n) is 6.01. The smallest absolute Gasteiger partial charge is 0.223 e. The van der Waals surface area contributed by atoms with Crippen LogP contribution in [0.1, 0.15) is 38.5 Å². The topological polar surface area (TPSA) is 55.6 Å². The van der Waals surface area contributed by atoms with Gasteiger partial charge in [0.15, 0.2) is 0 Å². The molecule has 4 heteroatoms. The highest BCUT2D eigenvalue weighted by molar-refractivity contribution is 5.77. The number of carbonyl (C=O) groups excluding carboxylic acids is 1. The number of nitrogens with zero attached hydrogens (tertiary/aromatic N) is 1. The predicted octanol–water partition coefficient (Wildman–Crippen LogP) is 1.39. The van der Waals surface area contributed by atoms with E-state index in [1.54, 1.807) is 7.11 Å². The van der Waals surface area contributed by atoms with E-state index < -0.39 is 0 Å². The van der Waals surface area contributed by atoms with E-state index >= 15 is 0 Å². The normalized spacial score (nSPS) is 23.8. The van der Waals surface area contributed by atoms with Crippen molar-refractivity contribution >= 4 is 5.91 Å². The van der Waals surface area contributed by atoms with Crippen LogP contribution in [0.5, 0.6) is 0 Å². The minimum atomic E-state index is 0.139. The molecule has 18 heavy (non-hydrogen) atoms. The molecule has 1 saturated heterocycles. The first-order valence-electron chi connectivity index (χ1n) is 7.16. The first-order valence-corrected chi connectivity index (χ1v) is 7.16. The lowest BCUT2D eigenvalue weighted by atomic mass is 9.66. The summed E-state index contributed by atoms with van der Waals surface area (Å²) in [5.41, 5.74) is 5.96. The van der Waals surface area contributed by atoms with E-state index in [-0.39, 0.29) is 5.41 Å². The third-order valence-electron chi connectivity index (χ3n) is 4.74. The van der Waals surface area contributed by atoms with E-state index in [1.165, 1.54) is 6.42 Å². The number of carbonyl (C=O) groups is 1. The van der Waals surface area contributed by atoms with Gasteiger partial charge in [-0.25, -0.2) is 0 Å². The van der Waals surface area contributed by atoms with Crippen LogP contribution in [0.4, 0.5) is 0 Å². The number of nitrogens with two attached hydrogens (primary N) is 1. The summed E-state index contributed by atoms with van der Waals surface area (Å²) in [5.74, 6) is 0.947. The van der Waals surface area contributed by atoms with Crippen LogP contribution in [0, 0.1) is 11.3 Å². The number of methoxy groups -OCH3 is 1. The third kappa shape index (κ3) is 3.04. The highest BCUT2D eigenvalue weighted by Crippen LogP contribution is 2.43. The standard InChI is InChI=1S/C14H26N2O2/c1-18-10-12-3-7-16(8-4-12)13(17)9-14(11-15)5-2-6-14/h12H,2-11,15H2,1H3. The lowest BCUT2D eigenvalue weighted by Gasteiger charge is -2.42. The van der Waals surface area contributed by atoms with E-state index in [2.05, 4.69) is 0 Å². The molecule has 2 rings (SSSR count). The van der Waals surface area contributed by atoms with Gasteiger partial charge in [0.25, 0.3) is 0 Å². The zero-order valence-electron chi connectivity index (χ0n) is 11.5. The van der Waals surface area contributed by atoms with Crippen molar-refractivity contribution in [1.82, 2.24) is 4.90 Å². The van der Waals surface area contributed by atoms with E-state index in [4.69, 9.17) is 10.5 Å². The summed E-state index contributed by atoms with van der Waals surface area (Å²) >= 11 is 0. The van der Waals surface area contributed by atoms with E-state index in [1.807, 2.05) is 4.90 Å². The van der Waals surface area contributed by atoms with Gasteiger partial charge in [0.1, 0.15) is 0 Å². The lowest BCUT2D eigenvalue weighted by molar-refractivity contribution is -0.136. The molecule has 104 valence electrons. The van der Waals surface area contributed by atoms with Crippen LogP contribution in [0.2, 0.25) is 0 Å². The summed E-state index contributed by atoms with van der Waals surface area (Å²) < 4.78 is 5.18. The molecule has 0 spiro atoms. The van der Waals surface area contributed by atoms with Crippen molar-refractivity contribution < 1.29 is 9.53 Å². The number of ether oxygens (including phenoxy) is 1. The van der Waals surface area contributed by atoms with Crippen LogP contribution in [0.3, 0.4) is 0 Å². The molecular weight excluding hydrogens is 228 g/mol. The number of piperidine rings is 1. The van der Waals surface area contributed by atoms with E-state index in [0.717, 1.165) is 45.4 Å². The van der Waals surface area contributed by atoms with Crippen molar-refractivity contribution in [3.63, 3.8) is 0 Å². The van der Waals surface area contributed by atoms with E-state index in [0.29, 0.717) is 24.8 Å². The molecule has 0 aromatic heterocycles. The van der Waals surface area contributed by atoms with Crippen molar-refractivity contribution in [2.75, 3.05) is 33.4 Å². The molecule has 1 saturated carbocycles. The Labute approximate surface area is 110 Å². The maximum atomic E-state index is 12.3. The SMILES string of the molecule is COCC1CCN(C(=O)CC2(CN)CCC2)CC1. The summed E-state index contributed by atoms with van der Waals surface area (Å²) in [6, 6.07) is 0. The lowest BCUT2D eigenvalue weighted by Crippen LogP contribution is -2.45. The molecule has 1 amide bonds. The summed E-state index contributed by atoms with van der Waals surface area (Å²) in [5, 5.41) is 0. The molecule has 0 unspecified atom stereocenters. The molecule has 0 aromatic rings. The molecule has 2 fully saturated rings. The molecule has 1 aliphatic carbocycles. The fraction of sp³-hybridized carbons (Fsp3) is 0.929. The van der Waals surface area contributed by atoms with Crippen LogP contribution >= 0.6 is 0 Å². The summed E-state index contributed by atoms with van der Waals surface area (Å²) in [7, 11) is 1.75. The molecule has 1 heterocycles. The molecule has 0 atom stereocenters. The molecular formula is C14H26N2O2. The maximum Gasteiger partial charge on any atom is 0.223 e. The van der Waals surface area contributed by atoms with Crippen molar-refractivity contribution in [2.45, 2.75) is 38.5 Å².